The maximum Gasteiger partial charge on any atom is 0.124 e. The lowest BCUT2D eigenvalue weighted by Gasteiger charge is -2.28. The minimum absolute atomic E-state index is 0.237. The molecule has 0 radical (unpaired) electrons. The molecule has 1 aromatic carbocycles. The molecule has 0 aliphatic carbocycles. The fraction of sp³-hybridized carbons (Fsp3) is 0.500. The first-order chi connectivity index (χ1) is 8.95. The number of halogens is 1. The van der Waals surface area contributed by atoms with Crippen molar-refractivity contribution in [1.29, 1.82) is 0 Å². The summed E-state index contributed by atoms with van der Waals surface area (Å²) >= 11 is 5.02. The molecule has 0 bridgehead atoms. The van der Waals surface area contributed by atoms with Gasteiger partial charge in [-0.2, -0.15) is 0 Å². The van der Waals surface area contributed by atoms with Crippen molar-refractivity contribution in [2.24, 2.45) is 5.73 Å². The van der Waals surface area contributed by atoms with E-state index >= 15 is 0 Å². The smallest absolute Gasteiger partial charge is 0.124 e. The third kappa shape index (κ3) is 4.76. The van der Waals surface area contributed by atoms with Crippen LogP contribution in [0.3, 0.4) is 0 Å². The first-order valence-corrected chi connectivity index (χ1v) is 6.85. The molecule has 0 unspecified atom stereocenters. The summed E-state index contributed by atoms with van der Waals surface area (Å²) in [6.45, 7) is 4.80. The summed E-state index contributed by atoms with van der Waals surface area (Å²) in [5, 5.41) is 0. The summed E-state index contributed by atoms with van der Waals surface area (Å²) in [4.78, 5) is 4.56. The molecule has 0 saturated heterocycles. The first-order valence-electron chi connectivity index (χ1n) is 6.44. The highest BCUT2D eigenvalue weighted by Gasteiger charge is 2.13. The Kier molecular flexibility index (Phi) is 6.18. The Morgan fingerprint density at radius 3 is 2.47 bits per heavy atom. The second-order valence-electron chi connectivity index (χ2n) is 4.82. The summed E-state index contributed by atoms with van der Waals surface area (Å²) in [7, 11) is 4.06. The fourth-order valence-electron chi connectivity index (χ4n) is 1.92. The van der Waals surface area contributed by atoms with Gasteiger partial charge in [0.2, 0.25) is 0 Å². The summed E-state index contributed by atoms with van der Waals surface area (Å²) in [6, 6.07) is 4.63. The van der Waals surface area contributed by atoms with Crippen molar-refractivity contribution in [3.8, 4) is 0 Å². The van der Waals surface area contributed by atoms with Crippen molar-refractivity contribution in [1.82, 2.24) is 4.90 Å². The van der Waals surface area contributed by atoms with Crippen LogP contribution >= 0.6 is 12.2 Å². The average Bonchev–Trinajstić information content (AvgIpc) is 2.34. The van der Waals surface area contributed by atoms with Crippen LogP contribution in [0.1, 0.15) is 18.9 Å². The molecule has 5 heteroatoms. The van der Waals surface area contributed by atoms with E-state index in [9.17, 15) is 4.39 Å². The molecular formula is C14H22FN3S. The Hall–Kier alpha value is -1.20. The molecule has 2 N–H and O–H groups in total. The van der Waals surface area contributed by atoms with Crippen LogP contribution in [0.15, 0.2) is 18.2 Å². The van der Waals surface area contributed by atoms with Crippen LogP contribution in [0.2, 0.25) is 0 Å². The number of rotatable bonds is 7. The molecule has 0 saturated carbocycles. The number of hydrogen-bond acceptors (Lipinski definition) is 3. The van der Waals surface area contributed by atoms with E-state index in [2.05, 4.69) is 16.7 Å². The summed E-state index contributed by atoms with van der Waals surface area (Å²) in [5.41, 5.74) is 7.23. The zero-order chi connectivity index (χ0) is 14.4. The molecule has 1 rings (SSSR count). The van der Waals surface area contributed by atoms with Gasteiger partial charge >= 0.3 is 0 Å². The quantitative estimate of drug-likeness (QED) is 0.778. The molecule has 3 nitrogen and oxygen atoms in total. The van der Waals surface area contributed by atoms with Crippen molar-refractivity contribution in [3.63, 3.8) is 0 Å². The second kappa shape index (κ2) is 7.40. The molecule has 0 aromatic heterocycles. The van der Waals surface area contributed by atoms with Gasteiger partial charge in [-0.1, -0.05) is 19.1 Å². The number of nitrogens with two attached hydrogens (primary N) is 1. The molecule has 0 aliphatic heterocycles. The Bertz CT molecular complexity index is 435. The maximum atomic E-state index is 13.3. The van der Waals surface area contributed by atoms with Crippen molar-refractivity contribution in [3.05, 3.63) is 29.6 Å². The number of thiocarbonyl (C=S) groups is 1. The van der Waals surface area contributed by atoms with Crippen molar-refractivity contribution >= 4 is 22.9 Å². The van der Waals surface area contributed by atoms with Gasteiger partial charge in [0.1, 0.15) is 10.8 Å². The summed E-state index contributed by atoms with van der Waals surface area (Å²) < 4.78 is 13.3. The largest absolute Gasteiger partial charge is 0.389 e. The molecule has 106 valence electrons. The van der Waals surface area contributed by atoms with Gasteiger partial charge in [-0.15, -0.1) is 0 Å². The maximum absolute atomic E-state index is 13.3. The normalized spacial score (nSPS) is 10.8. The van der Waals surface area contributed by atoms with Gasteiger partial charge in [-0.3, -0.25) is 0 Å². The number of benzene rings is 1. The third-order valence-corrected chi connectivity index (χ3v) is 3.10. The second-order valence-corrected chi connectivity index (χ2v) is 5.26. The van der Waals surface area contributed by atoms with Crippen LogP contribution in [0, 0.1) is 5.82 Å². The summed E-state index contributed by atoms with van der Waals surface area (Å²) in [5.74, 6) is -0.310. The lowest BCUT2D eigenvalue weighted by molar-refractivity contribution is 0.413. The van der Waals surface area contributed by atoms with Crippen molar-refractivity contribution < 1.29 is 4.39 Å². The van der Waals surface area contributed by atoms with Gasteiger partial charge in [-0.05, 0) is 38.7 Å². The summed E-state index contributed by atoms with van der Waals surface area (Å²) in [6.07, 6.45) is 1.02. The molecule has 1 aromatic rings. The zero-order valence-corrected chi connectivity index (χ0v) is 12.6. The van der Waals surface area contributed by atoms with Crippen LogP contribution in [-0.4, -0.2) is 43.6 Å². The highest BCUT2D eigenvalue weighted by Crippen LogP contribution is 2.22. The van der Waals surface area contributed by atoms with E-state index in [-0.39, 0.29) is 10.8 Å². The Morgan fingerprint density at radius 1 is 1.26 bits per heavy atom. The van der Waals surface area contributed by atoms with Gasteiger partial charge in [0.15, 0.2) is 0 Å². The van der Waals surface area contributed by atoms with Gasteiger partial charge in [0, 0.05) is 30.9 Å². The molecular weight excluding hydrogens is 261 g/mol. The van der Waals surface area contributed by atoms with Crippen LogP contribution in [0.25, 0.3) is 0 Å². The van der Waals surface area contributed by atoms with Gasteiger partial charge in [0.25, 0.3) is 0 Å². The lowest BCUT2D eigenvalue weighted by atomic mass is 10.1. The standard InChI is InChI=1S/C14H22FN3S/c1-4-7-18(9-8-17(2)3)13-6-5-11(15)10-12(13)14(16)19/h5-6,10H,4,7-9H2,1-3H3,(H2,16,19). The van der Waals surface area contributed by atoms with E-state index in [4.69, 9.17) is 18.0 Å². The van der Waals surface area contributed by atoms with Crippen LogP contribution < -0.4 is 10.6 Å². The van der Waals surface area contributed by atoms with Crippen molar-refractivity contribution in [2.45, 2.75) is 13.3 Å². The van der Waals surface area contributed by atoms with E-state index in [0.29, 0.717) is 5.56 Å². The Balaban J connectivity index is 3.03. The molecule has 19 heavy (non-hydrogen) atoms. The average molecular weight is 283 g/mol. The van der Waals surface area contributed by atoms with Gasteiger partial charge < -0.3 is 15.5 Å². The van der Waals surface area contributed by atoms with E-state index in [0.717, 1.165) is 31.7 Å². The molecule has 0 heterocycles. The minimum Gasteiger partial charge on any atom is -0.389 e. The van der Waals surface area contributed by atoms with E-state index < -0.39 is 0 Å². The highest BCUT2D eigenvalue weighted by molar-refractivity contribution is 7.80. The minimum atomic E-state index is -0.310. The number of likely N-dealkylation sites (N-methyl/N-ethyl adjacent to an activating group) is 1. The molecule has 0 fully saturated rings. The topological polar surface area (TPSA) is 32.5 Å². The highest BCUT2D eigenvalue weighted by atomic mass is 32.1. The van der Waals surface area contributed by atoms with E-state index in [1.807, 2.05) is 14.1 Å². The zero-order valence-electron chi connectivity index (χ0n) is 11.8. The Morgan fingerprint density at radius 2 is 1.95 bits per heavy atom. The van der Waals surface area contributed by atoms with Crippen LogP contribution in [0.5, 0.6) is 0 Å². The van der Waals surface area contributed by atoms with Gasteiger partial charge in [0.05, 0.1) is 0 Å². The predicted octanol–water partition coefficient (Wildman–Crippen LogP) is 2.24. The van der Waals surface area contributed by atoms with Crippen LogP contribution in [0.4, 0.5) is 10.1 Å². The van der Waals surface area contributed by atoms with E-state index in [1.54, 1.807) is 6.07 Å². The lowest BCUT2D eigenvalue weighted by Crippen LogP contribution is -2.33. The molecule has 0 amide bonds. The molecule has 0 spiro atoms. The third-order valence-electron chi connectivity index (χ3n) is 2.88. The molecule has 0 aliphatic rings. The first kappa shape index (κ1) is 15.9. The van der Waals surface area contributed by atoms with E-state index in [1.165, 1.54) is 12.1 Å². The van der Waals surface area contributed by atoms with Crippen LogP contribution in [-0.2, 0) is 0 Å². The number of hydrogen-bond donors (Lipinski definition) is 1. The van der Waals surface area contributed by atoms with Gasteiger partial charge in [-0.25, -0.2) is 4.39 Å². The fourth-order valence-corrected chi connectivity index (χ4v) is 2.09. The SMILES string of the molecule is CCCN(CCN(C)C)c1ccc(F)cc1C(N)=S. The number of nitrogens with zero attached hydrogens (tertiary/aromatic N) is 2. The molecule has 0 atom stereocenters. The number of anilines is 1. The van der Waals surface area contributed by atoms with Crippen molar-refractivity contribution in [2.75, 3.05) is 38.6 Å². The Labute approximate surface area is 120 Å². The predicted molar refractivity (Wildman–Crippen MR) is 83.3 cm³/mol. The monoisotopic (exact) mass is 283 g/mol.